The van der Waals surface area contributed by atoms with Crippen LogP contribution in [0.25, 0.3) is 10.9 Å². The molecule has 1 aromatic heterocycles. The molecule has 2 fully saturated rings. The van der Waals surface area contributed by atoms with E-state index < -0.39 is 0 Å². The predicted molar refractivity (Wildman–Crippen MR) is 125 cm³/mol. The molecule has 0 atom stereocenters. The highest BCUT2D eigenvalue weighted by Crippen LogP contribution is 2.28. The Kier molecular flexibility index (Phi) is 6.04. The standard InChI is InChI=1S/C26H29FN4O/c27-22-6-3-19(4-7-22)20-11-15-31(16-12-20)26(32)29-23-9-10-25-21(17-23)5-8-24(28-25)18-30-13-1-2-14-30/h3-10,17,20H,1-2,11-16,18H2,(H,29,32). The first-order valence-electron chi connectivity index (χ1n) is 11.6. The first-order valence-corrected chi connectivity index (χ1v) is 11.6. The van der Waals surface area contributed by atoms with Crippen LogP contribution in [0.15, 0.2) is 54.6 Å². The van der Waals surface area contributed by atoms with Crippen molar-refractivity contribution in [2.45, 2.75) is 38.1 Å². The molecule has 0 unspecified atom stereocenters. The average molecular weight is 433 g/mol. The number of benzene rings is 2. The van der Waals surface area contributed by atoms with Crippen LogP contribution in [0.4, 0.5) is 14.9 Å². The van der Waals surface area contributed by atoms with E-state index in [0.717, 1.165) is 60.3 Å². The Morgan fingerprint density at radius 3 is 2.47 bits per heavy atom. The molecule has 166 valence electrons. The van der Waals surface area contributed by atoms with Crippen molar-refractivity contribution in [1.29, 1.82) is 0 Å². The van der Waals surface area contributed by atoms with E-state index in [1.54, 1.807) is 0 Å². The fraction of sp³-hybridized carbons (Fsp3) is 0.385. The number of amides is 2. The van der Waals surface area contributed by atoms with E-state index in [1.165, 1.54) is 25.0 Å². The summed E-state index contributed by atoms with van der Waals surface area (Å²) < 4.78 is 13.2. The van der Waals surface area contributed by atoms with Gasteiger partial charge in [-0.2, -0.15) is 0 Å². The van der Waals surface area contributed by atoms with Gasteiger partial charge in [0.1, 0.15) is 5.82 Å². The summed E-state index contributed by atoms with van der Waals surface area (Å²) in [5.74, 6) is 0.167. The minimum absolute atomic E-state index is 0.0690. The van der Waals surface area contributed by atoms with Crippen LogP contribution in [0.5, 0.6) is 0 Å². The smallest absolute Gasteiger partial charge is 0.321 e. The van der Waals surface area contributed by atoms with Crippen LogP contribution in [0.2, 0.25) is 0 Å². The quantitative estimate of drug-likeness (QED) is 0.602. The van der Waals surface area contributed by atoms with Crippen LogP contribution < -0.4 is 5.32 Å². The zero-order valence-corrected chi connectivity index (χ0v) is 18.3. The van der Waals surface area contributed by atoms with Gasteiger partial charge in [-0.05, 0) is 86.7 Å². The summed E-state index contributed by atoms with van der Waals surface area (Å²) in [6, 6.07) is 16.8. The van der Waals surface area contributed by atoms with E-state index in [1.807, 2.05) is 35.2 Å². The molecule has 5 nitrogen and oxygen atoms in total. The summed E-state index contributed by atoms with van der Waals surface area (Å²) in [7, 11) is 0. The highest BCUT2D eigenvalue weighted by atomic mass is 19.1. The Hall–Kier alpha value is -2.99. The van der Waals surface area contributed by atoms with Gasteiger partial charge in [0.15, 0.2) is 0 Å². The summed E-state index contributed by atoms with van der Waals surface area (Å²) in [4.78, 5) is 21.9. The SMILES string of the molecule is O=C(Nc1ccc2nc(CN3CCCC3)ccc2c1)N1CCC(c2ccc(F)cc2)CC1. The number of carbonyl (C=O) groups is 1. The lowest BCUT2D eigenvalue weighted by molar-refractivity contribution is 0.194. The number of pyridine rings is 1. The number of fused-ring (bicyclic) bond motifs is 1. The number of hydrogen-bond acceptors (Lipinski definition) is 3. The summed E-state index contributed by atoms with van der Waals surface area (Å²) >= 11 is 0. The molecule has 2 amide bonds. The highest BCUT2D eigenvalue weighted by Gasteiger charge is 2.24. The van der Waals surface area contributed by atoms with Gasteiger partial charge in [0.2, 0.25) is 0 Å². The van der Waals surface area contributed by atoms with Crippen molar-refractivity contribution < 1.29 is 9.18 Å². The number of hydrogen-bond donors (Lipinski definition) is 1. The summed E-state index contributed by atoms with van der Waals surface area (Å²) in [5, 5.41) is 4.07. The number of carbonyl (C=O) groups excluding carboxylic acids is 1. The minimum atomic E-state index is -0.209. The molecule has 6 heteroatoms. The van der Waals surface area contributed by atoms with Gasteiger partial charge >= 0.3 is 6.03 Å². The van der Waals surface area contributed by atoms with Gasteiger partial charge in [0.05, 0.1) is 11.2 Å². The van der Waals surface area contributed by atoms with Gasteiger partial charge in [0, 0.05) is 30.7 Å². The third-order valence-corrected chi connectivity index (χ3v) is 6.71. The van der Waals surface area contributed by atoms with Crippen LogP contribution in [-0.4, -0.2) is 47.0 Å². The molecular formula is C26H29FN4O. The number of rotatable bonds is 4. The molecular weight excluding hydrogens is 403 g/mol. The van der Waals surface area contributed by atoms with Crippen molar-refractivity contribution in [2.75, 3.05) is 31.5 Å². The Bertz CT molecular complexity index is 1090. The van der Waals surface area contributed by atoms with Gasteiger partial charge in [-0.25, -0.2) is 9.18 Å². The normalized spacial score (nSPS) is 17.7. The lowest BCUT2D eigenvalue weighted by Crippen LogP contribution is -2.40. The lowest BCUT2D eigenvalue weighted by Gasteiger charge is -2.32. The first-order chi connectivity index (χ1) is 15.6. The molecule has 1 N–H and O–H groups in total. The van der Waals surface area contributed by atoms with Gasteiger partial charge in [-0.1, -0.05) is 18.2 Å². The second kappa shape index (κ2) is 9.25. The Morgan fingerprint density at radius 1 is 0.969 bits per heavy atom. The number of likely N-dealkylation sites (tertiary alicyclic amines) is 2. The topological polar surface area (TPSA) is 48.5 Å². The Labute approximate surface area is 188 Å². The van der Waals surface area contributed by atoms with Crippen LogP contribution >= 0.6 is 0 Å². The largest absolute Gasteiger partial charge is 0.324 e. The number of halogens is 1. The average Bonchev–Trinajstić information content (AvgIpc) is 3.33. The van der Waals surface area contributed by atoms with Crippen LogP contribution in [0.3, 0.4) is 0 Å². The Balaban J connectivity index is 1.18. The number of nitrogens with zero attached hydrogens (tertiary/aromatic N) is 3. The van der Waals surface area contributed by atoms with Gasteiger partial charge in [-0.3, -0.25) is 9.88 Å². The van der Waals surface area contributed by atoms with Crippen molar-refractivity contribution in [3.63, 3.8) is 0 Å². The number of anilines is 1. The number of nitrogens with one attached hydrogen (secondary N) is 1. The predicted octanol–water partition coefficient (Wildman–Crippen LogP) is 5.38. The van der Waals surface area contributed by atoms with Crippen LogP contribution in [0, 0.1) is 5.82 Å². The van der Waals surface area contributed by atoms with E-state index in [-0.39, 0.29) is 11.8 Å². The van der Waals surface area contributed by atoms with Crippen molar-refractivity contribution in [2.24, 2.45) is 0 Å². The summed E-state index contributed by atoms with van der Waals surface area (Å²) in [6.07, 6.45) is 4.34. The zero-order chi connectivity index (χ0) is 21.9. The maximum Gasteiger partial charge on any atom is 0.321 e. The second-order valence-electron chi connectivity index (χ2n) is 8.94. The van der Waals surface area contributed by atoms with Gasteiger partial charge < -0.3 is 10.2 Å². The van der Waals surface area contributed by atoms with E-state index in [2.05, 4.69) is 22.3 Å². The third kappa shape index (κ3) is 4.75. The third-order valence-electron chi connectivity index (χ3n) is 6.71. The molecule has 3 heterocycles. The number of piperidine rings is 1. The fourth-order valence-corrected chi connectivity index (χ4v) is 4.86. The van der Waals surface area contributed by atoms with Crippen molar-refractivity contribution in [3.05, 3.63) is 71.7 Å². The molecule has 2 saturated heterocycles. The van der Waals surface area contributed by atoms with Crippen molar-refractivity contribution in [3.8, 4) is 0 Å². The molecule has 2 aliphatic heterocycles. The summed E-state index contributed by atoms with van der Waals surface area (Å²) in [5.41, 5.74) is 4.00. The molecule has 3 aromatic rings. The Morgan fingerprint density at radius 2 is 1.72 bits per heavy atom. The fourth-order valence-electron chi connectivity index (χ4n) is 4.86. The monoisotopic (exact) mass is 432 g/mol. The highest BCUT2D eigenvalue weighted by molar-refractivity contribution is 5.92. The molecule has 5 rings (SSSR count). The van der Waals surface area contributed by atoms with Crippen molar-refractivity contribution in [1.82, 2.24) is 14.8 Å². The second-order valence-corrected chi connectivity index (χ2v) is 8.94. The van der Waals surface area contributed by atoms with E-state index in [4.69, 9.17) is 4.98 Å². The molecule has 2 aliphatic rings. The molecule has 0 spiro atoms. The molecule has 0 saturated carbocycles. The van der Waals surface area contributed by atoms with Gasteiger partial charge in [0.25, 0.3) is 0 Å². The molecule has 0 bridgehead atoms. The number of urea groups is 1. The van der Waals surface area contributed by atoms with Crippen LogP contribution in [0.1, 0.15) is 42.9 Å². The van der Waals surface area contributed by atoms with Gasteiger partial charge in [-0.15, -0.1) is 0 Å². The maximum atomic E-state index is 13.2. The first kappa shape index (κ1) is 20.9. The van der Waals surface area contributed by atoms with Crippen molar-refractivity contribution >= 4 is 22.6 Å². The minimum Gasteiger partial charge on any atom is -0.324 e. The lowest BCUT2D eigenvalue weighted by atomic mass is 9.89. The van der Waals surface area contributed by atoms with E-state index in [0.29, 0.717) is 19.0 Å². The van der Waals surface area contributed by atoms with E-state index >= 15 is 0 Å². The zero-order valence-electron chi connectivity index (χ0n) is 18.3. The van der Waals surface area contributed by atoms with Crippen LogP contribution in [-0.2, 0) is 6.54 Å². The number of aromatic nitrogens is 1. The maximum absolute atomic E-state index is 13.2. The molecule has 0 radical (unpaired) electrons. The molecule has 2 aromatic carbocycles. The van der Waals surface area contributed by atoms with E-state index in [9.17, 15) is 9.18 Å². The summed E-state index contributed by atoms with van der Waals surface area (Å²) in [6.45, 7) is 4.62. The molecule has 32 heavy (non-hydrogen) atoms. The molecule has 0 aliphatic carbocycles.